The molecule has 0 aliphatic rings. The van der Waals surface area contributed by atoms with Gasteiger partial charge in [0.15, 0.2) is 0 Å². The van der Waals surface area contributed by atoms with E-state index in [0.717, 1.165) is 12.8 Å². The Kier molecular flexibility index (Phi) is 36.9. The number of unbranched alkanes of at least 4 members (excludes halogenated alkanes) is 30. The van der Waals surface area contributed by atoms with Crippen LogP contribution in [0.15, 0.2) is 0 Å². The van der Waals surface area contributed by atoms with Gasteiger partial charge in [0.25, 0.3) is 0 Å². The minimum absolute atomic E-state index is 0.610. The lowest BCUT2D eigenvalue weighted by Gasteiger charge is -2.09. The van der Waals surface area contributed by atoms with Gasteiger partial charge in [-0.1, -0.05) is 206 Å². The maximum atomic E-state index is 9.86. The fourth-order valence-electron chi connectivity index (χ4n) is 5.72. The van der Waals surface area contributed by atoms with Gasteiger partial charge < -0.3 is 14.3 Å². The molecule has 0 rings (SSSR count). The molecule has 40 heavy (non-hydrogen) atoms. The van der Waals surface area contributed by atoms with Gasteiger partial charge >= 0.3 is 7.32 Å². The molecule has 0 bridgehead atoms. The molecule has 0 saturated carbocycles. The first-order valence-electron chi connectivity index (χ1n) is 18.7. The van der Waals surface area contributed by atoms with Crippen LogP contribution in [0.25, 0.3) is 0 Å². The minimum Gasteiger partial charge on any atom is -0.402 e. The first kappa shape index (κ1) is 39.9. The van der Waals surface area contributed by atoms with Crippen LogP contribution in [-0.2, 0) is 9.31 Å². The minimum atomic E-state index is -1.03. The van der Waals surface area contributed by atoms with Gasteiger partial charge in [-0.05, 0) is 12.8 Å². The lowest BCUT2D eigenvalue weighted by atomic mass is 10.0. The molecule has 0 aromatic rings. The van der Waals surface area contributed by atoms with Crippen LogP contribution in [0.1, 0.15) is 219 Å². The normalized spacial score (nSPS) is 11.5. The summed E-state index contributed by atoms with van der Waals surface area (Å²) in [6.07, 6.45) is 43.9. The van der Waals surface area contributed by atoms with E-state index < -0.39 is 7.32 Å². The number of hydrogen-bond acceptors (Lipinski definition) is 3. The van der Waals surface area contributed by atoms with E-state index in [-0.39, 0.29) is 0 Å². The van der Waals surface area contributed by atoms with Crippen LogP contribution in [0.2, 0.25) is 0 Å². The average Bonchev–Trinajstić information content (AvgIpc) is 2.96. The van der Waals surface area contributed by atoms with Crippen molar-refractivity contribution in [3.63, 3.8) is 0 Å². The molecule has 0 aromatic heterocycles. The fourth-order valence-corrected chi connectivity index (χ4v) is 5.72. The van der Waals surface area contributed by atoms with E-state index in [1.807, 2.05) is 0 Å². The summed E-state index contributed by atoms with van der Waals surface area (Å²) >= 11 is 0. The van der Waals surface area contributed by atoms with Crippen molar-refractivity contribution >= 4 is 7.32 Å². The largest absolute Gasteiger partial charge is 0.636 e. The summed E-state index contributed by atoms with van der Waals surface area (Å²) in [4.78, 5) is 0. The van der Waals surface area contributed by atoms with E-state index in [1.54, 1.807) is 0 Å². The van der Waals surface area contributed by atoms with E-state index in [2.05, 4.69) is 13.8 Å². The smallest absolute Gasteiger partial charge is 0.402 e. The topological polar surface area (TPSA) is 38.7 Å². The lowest BCUT2D eigenvalue weighted by molar-refractivity contribution is 0.128. The molecule has 0 amide bonds. The van der Waals surface area contributed by atoms with Crippen molar-refractivity contribution in [2.75, 3.05) is 13.2 Å². The third-order valence-corrected chi connectivity index (χ3v) is 8.52. The molecule has 240 valence electrons. The van der Waals surface area contributed by atoms with Crippen molar-refractivity contribution in [1.82, 2.24) is 0 Å². The second-order valence-corrected chi connectivity index (χ2v) is 12.7. The molecule has 0 unspecified atom stereocenters. The van der Waals surface area contributed by atoms with E-state index in [1.165, 1.54) is 193 Å². The highest BCUT2D eigenvalue weighted by Crippen LogP contribution is 2.15. The Labute approximate surface area is 253 Å². The summed E-state index contributed by atoms with van der Waals surface area (Å²) in [5.41, 5.74) is 0. The lowest BCUT2D eigenvalue weighted by Crippen LogP contribution is -2.23. The van der Waals surface area contributed by atoms with Crippen molar-refractivity contribution in [2.24, 2.45) is 0 Å². The molecule has 0 radical (unpaired) electrons. The van der Waals surface area contributed by atoms with Crippen LogP contribution >= 0.6 is 0 Å². The van der Waals surface area contributed by atoms with Gasteiger partial charge in [-0.15, -0.1) is 0 Å². The predicted octanol–water partition coefficient (Wildman–Crippen LogP) is 12.5. The summed E-state index contributed by atoms with van der Waals surface area (Å²) in [6, 6.07) is 0. The highest BCUT2D eigenvalue weighted by molar-refractivity contribution is 6.34. The Morgan fingerprint density at radius 3 is 0.675 bits per heavy atom. The molecule has 0 saturated heterocycles. The molecule has 0 spiro atoms. The monoisotopic (exact) mass is 567 g/mol. The van der Waals surface area contributed by atoms with Crippen molar-refractivity contribution in [2.45, 2.75) is 219 Å². The molecule has 3 nitrogen and oxygen atoms in total. The third-order valence-electron chi connectivity index (χ3n) is 8.52. The summed E-state index contributed by atoms with van der Waals surface area (Å²) in [5, 5.41) is 9.86. The van der Waals surface area contributed by atoms with Gasteiger partial charge in [0.2, 0.25) is 0 Å². The van der Waals surface area contributed by atoms with Gasteiger partial charge in [-0.25, -0.2) is 0 Å². The van der Waals surface area contributed by atoms with Crippen LogP contribution < -0.4 is 0 Å². The Bertz CT molecular complexity index is 396. The molecule has 0 aromatic carbocycles. The molecule has 1 N–H and O–H groups in total. The number of rotatable bonds is 36. The van der Waals surface area contributed by atoms with Crippen LogP contribution in [0.4, 0.5) is 0 Å². The summed E-state index contributed by atoms with van der Waals surface area (Å²) in [6.45, 7) is 5.80. The molecule has 0 aliphatic carbocycles. The predicted molar refractivity (Wildman–Crippen MR) is 179 cm³/mol. The van der Waals surface area contributed by atoms with Crippen LogP contribution in [0.5, 0.6) is 0 Å². The Hall–Kier alpha value is -0.0551. The van der Waals surface area contributed by atoms with Gasteiger partial charge in [0, 0.05) is 13.2 Å². The Morgan fingerprint density at radius 1 is 0.300 bits per heavy atom. The van der Waals surface area contributed by atoms with Crippen LogP contribution in [-0.4, -0.2) is 25.6 Å². The molecule has 0 aliphatic heterocycles. The summed E-state index contributed by atoms with van der Waals surface area (Å²) in [7, 11) is -1.03. The van der Waals surface area contributed by atoms with Crippen molar-refractivity contribution < 1.29 is 14.3 Å². The summed E-state index contributed by atoms with van der Waals surface area (Å²) < 4.78 is 10.8. The first-order chi connectivity index (χ1) is 19.8. The van der Waals surface area contributed by atoms with Gasteiger partial charge in [-0.3, -0.25) is 0 Å². The SMILES string of the molecule is CCCCCCCCCCCCCCCCCCOB(O)OCCCCCCCCCCCCCCCCCC. The standard InChI is InChI=1S/C36H75BO3/c1-3-5-7-9-11-13-15-17-19-21-23-25-27-29-31-33-35-39-37(38)40-36-34-32-30-28-26-24-22-20-18-16-14-12-10-8-6-4-2/h38H,3-36H2,1-2H3. The second-order valence-electron chi connectivity index (χ2n) is 12.7. The zero-order valence-electron chi connectivity index (χ0n) is 27.9. The van der Waals surface area contributed by atoms with E-state index >= 15 is 0 Å². The molecule has 0 fully saturated rings. The van der Waals surface area contributed by atoms with E-state index in [0.29, 0.717) is 13.2 Å². The van der Waals surface area contributed by atoms with Crippen LogP contribution in [0.3, 0.4) is 0 Å². The zero-order valence-corrected chi connectivity index (χ0v) is 27.9. The first-order valence-corrected chi connectivity index (χ1v) is 18.7. The fraction of sp³-hybridized carbons (Fsp3) is 1.00. The maximum absolute atomic E-state index is 9.86. The molecular weight excluding hydrogens is 491 g/mol. The van der Waals surface area contributed by atoms with Gasteiger partial charge in [0.1, 0.15) is 0 Å². The van der Waals surface area contributed by atoms with Gasteiger partial charge in [-0.2, -0.15) is 0 Å². The van der Waals surface area contributed by atoms with Crippen molar-refractivity contribution in [1.29, 1.82) is 0 Å². The van der Waals surface area contributed by atoms with Crippen molar-refractivity contribution in [3.05, 3.63) is 0 Å². The van der Waals surface area contributed by atoms with Crippen LogP contribution in [0, 0.1) is 0 Å². The molecule has 0 atom stereocenters. The second kappa shape index (κ2) is 37.0. The summed E-state index contributed by atoms with van der Waals surface area (Å²) in [5.74, 6) is 0. The number of hydrogen-bond donors (Lipinski definition) is 1. The van der Waals surface area contributed by atoms with E-state index in [4.69, 9.17) is 9.31 Å². The maximum Gasteiger partial charge on any atom is 0.636 e. The highest BCUT2D eigenvalue weighted by atomic mass is 16.7. The Balaban J connectivity index is 3.13. The Morgan fingerprint density at radius 2 is 0.475 bits per heavy atom. The molecule has 4 heteroatoms. The highest BCUT2D eigenvalue weighted by Gasteiger charge is 2.14. The molecule has 0 heterocycles. The third kappa shape index (κ3) is 36.0. The average molecular weight is 567 g/mol. The quantitative estimate of drug-likeness (QED) is 0.0605. The zero-order chi connectivity index (χ0) is 29.0. The van der Waals surface area contributed by atoms with Crippen molar-refractivity contribution in [3.8, 4) is 0 Å². The van der Waals surface area contributed by atoms with Gasteiger partial charge in [0.05, 0.1) is 0 Å². The van der Waals surface area contributed by atoms with E-state index in [9.17, 15) is 5.02 Å². The molecular formula is C36H75BO3.